The number of H-pyrrole nitrogens is 1. The van der Waals surface area contributed by atoms with Gasteiger partial charge in [0.05, 0.1) is 13.2 Å². The molecule has 2 N–H and O–H groups in total. The number of rotatable bonds is 3. The first-order valence-electron chi connectivity index (χ1n) is 10.2. The summed E-state index contributed by atoms with van der Waals surface area (Å²) in [6.45, 7) is 5.32. The Morgan fingerprint density at radius 2 is 1.76 bits per heavy atom. The van der Waals surface area contributed by atoms with E-state index in [9.17, 15) is 0 Å². The molecule has 0 spiro atoms. The minimum Gasteiger partial charge on any atom is -0.496 e. The number of nitrogens with one attached hydrogen (secondary N) is 2. The number of aromatic amines is 1. The van der Waals surface area contributed by atoms with Crippen molar-refractivity contribution in [2.45, 2.75) is 26.3 Å². The Morgan fingerprint density at radius 3 is 2.55 bits per heavy atom. The third-order valence-electron chi connectivity index (χ3n) is 6.05. The van der Waals surface area contributed by atoms with Crippen LogP contribution in [-0.2, 0) is 6.42 Å². The summed E-state index contributed by atoms with van der Waals surface area (Å²) in [4.78, 5) is 3.75. The van der Waals surface area contributed by atoms with E-state index in [-0.39, 0.29) is 6.04 Å². The Morgan fingerprint density at radius 1 is 0.931 bits per heavy atom. The Hall–Kier alpha value is -3.04. The second-order valence-electron chi connectivity index (χ2n) is 7.98. The number of methoxy groups -OCH3 is 1. The molecule has 0 bridgehead atoms. The second-order valence-corrected chi connectivity index (χ2v) is 7.98. The van der Waals surface area contributed by atoms with Crippen molar-refractivity contribution in [2.24, 2.45) is 0 Å². The molecule has 1 aliphatic heterocycles. The SMILES string of the molecule is COc1ccc(-c2ccccc2)cc1C1NCCc2c1[nH]c1c(C)cc(C)cc21. The summed E-state index contributed by atoms with van der Waals surface area (Å²) in [5.74, 6) is 0.918. The number of aromatic nitrogens is 1. The zero-order valence-corrected chi connectivity index (χ0v) is 17.2. The smallest absolute Gasteiger partial charge is 0.124 e. The summed E-state index contributed by atoms with van der Waals surface area (Å²) in [5, 5.41) is 5.09. The van der Waals surface area contributed by atoms with E-state index >= 15 is 0 Å². The average Bonchev–Trinajstić information content (AvgIpc) is 3.13. The van der Waals surface area contributed by atoms with E-state index in [0.29, 0.717) is 0 Å². The Balaban J connectivity index is 1.69. The van der Waals surface area contributed by atoms with E-state index in [2.05, 4.69) is 84.8 Å². The predicted octanol–water partition coefficient (Wildman–Crippen LogP) is 5.70. The lowest BCUT2D eigenvalue weighted by molar-refractivity contribution is 0.402. The van der Waals surface area contributed by atoms with Crippen LogP contribution in [-0.4, -0.2) is 18.6 Å². The number of hydrogen-bond acceptors (Lipinski definition) is 2. The van der Waals surface area contributed by atoms with Crippen LogP contribution in [0.1, 0.15) is 34.0 Å². The number of aryl methyl sites for hydroxylation is 2. The van der Waals surface area contributed by atoms with Gasteiger partial charge in [-0.05, 0) is 60.7 Å². The Bertz CT molecular complexity index is 1190. The molecule has 1 atom stereocenters. The quantitative estimate of drug-likeness (QED) is 0.477. The van der Waals surface area contributed by atoms with Gasteiger partial charge >= 0.3 is 0 Å². The Labute approximate surface area is 171 Å². The minimum atomic E-state index is 0.0875. The number of hydrogen-bond donors (Lipinski definition) is 2. The van der Waals surface area contributed by atoms with E-state index in [1.165, 1.54) is 50.0 Å². The van der Waals surface area contributed by atoms with Gasteiger partial charge in [0, 0.05) is 28.7 Å². The van der Waals surface area contributed by atoms with Crippen molar-refractivity contribution in [1.82, 2.24) is 10.3 Å². The van der Waals surface area contributed by atoms with Crippen LogP contribution in [0.3, 0.4) is 0 Å². The van der Waals surface area contributed by atoms with Gasteiger partial charge in [-0.2, -0.15) is 0 Å². The van der Waals surface area contributed by atoms with Crippen molar-refractivity contribution >= 4 is 10.9 Å². The molecular weight excluding hydrogens is 356 g/mol. The number of benzene rings is 3. The van der Waals surface area contributed by atoms with Gasteiger partial charge in [-0.3, -0.25) is 0 Å². The standard InChI is InChI=1S/C26H26N2O/c1-16-13-17(2)24-21(14-16)20-11-12-27-25(26(20)28-24)22-15-19(9-10-23(22)29-3)18-7-5-4-6-8-18/h4-10,13-15,25,27-28H,11-12H2,1-3H3. The maximum absolute atomic E-state index is 5.77. The molecule has 3 nitrogen and oxygen atoms in total. The van der Waals surface area contributed by atoms with E-state index in [1.807, 2.05) is 0 Å². The van der Waals surface area contributed by atoms with Crippen LogP contribution in [0.15, 0.2) is 60.7 Å². The van der Waals surface area contributed by atoms with Crippen LogP contribution in [0.2, 0.25) is 0 Å². The molecule has 1 unspecified atom stereocenters. The number of ether oxygens (including phenoxy) is 1. The van der Waals surface area contributed by atoms with Crippen molar-refractivity contribution in [3.63, 3.8) is 0 Å². The van der Waals surface area contributed by atoms with Gasteiger partial charge in [-0.15, -0.1) is 0 Å². The summed E-state index contributed by atoms with van der Waals surface area (Å²) < 4.78 is 5.77. The average molecular weight is 383 g/mol. The lowest BCUT2D eigenvalue weighted by atomic mass is 9.91. The fourth-order valence-electron chi connectivity index (χ4n) is 4.72. The van der Waals surface area contributed by atoms with Gasteiger partial charge in [0.15, 0.2) is 0 Å². The normalized spacial score (nSPS) is 16.0. The minimum absolute atomic E-state index is 0.0875. The van der Waals surface area contributed by atoms with E-state index in [4.69, 9.17) is 4.74 Å². The molecule has 0 saturated heterocycles. The molecule has 0 fully saturated rings. The summed E-state index contributed by atoms with van der Waals surface area (Å²) in [6.07, 6.45) is 1.04. The first-order chi connectivity index (χ1) is 14.2. The highest BCUT2D eigenvalue weighted by molar-refractivity contribution is 5.88. The molecule has 146 valence electrons. The van der Waals surface area contributed by atoms with Crippen LogP contribution in [0, 0.1) is 13.8 Å². The van der Waals surface area contributed by atoms with Crippen molar-refractivity contribution in [3.8, 4) is 16.9 Å². The fraction of sp³-hybridized carbons (Fsp3) is 0.231. The van der Waals surface area contributed by atoms with Crippen LogP contribution in [0.5, 0.6) is 5.75 Å². The van der Waals surface area contributed by atoms with E-state index in [0.717, 1.165) is 18.7 Å². The van der Waals surface area contributed by atoms with Gasteiger partial charge in [-0.25, -0.2) is 0 Å². The number of fused-ring (bicyclic) bond motifs is 3. The van der Waals surface area contributed by atoms with Crippen molar-refractivity contribution in [2.75, 3.05) is 13.7 Å². The topological polar surface area (TPSA) is 37.0 Å². The molecule has 0 saturated carbocycles. The van der Waals surface area contributed by atoms with E-state index < -0.39 is 0 Å². The second kappa shape index (κ2) is 7.09. The third kappa shape index (κ3) is 3.02. The highest BCUT2D eigenvalue weighted by atomic mass is 16.5. The lowest BCUT2D eigenvalue weighted by Crippen LogP contribution is -2.30. The molecule has 2 heterocycles. The van der Waals surface area contributed by atoms with Crippen molar-refractivity contribution < 1.29 is 4.74 Å². The van der Waals surface area contributed by atoms with Crippen LogP contribution >= 0.6 is 0 Å². The molecule has 4 aromatic rings. The molecule has 0 aliphatic carbocycles. The molecule has 0 radical (unpaired) electrons. The molecule has 1 aliphatic rings. The first kappa shape index (κ1) is 18.0. The van der Waals surface area contributed by atoms with Crippen LogP contribution < -0.4 is 10.1 Å². The van der Waals surface area contributed by atoms with Gasteiger partial charge in [-0.1, -0.05) is 48.0 Å². The molecule has 1 aromatic heterocycles. The third-order valence-corrected chi connectivity index (χ3v) is 6.05. The summed E-state index contributed by atoms with van der Waals surface area (Å²) in [6, 6.07) is 21.7. The zero-order chi connectivity index (χ0) is 20.0. The molecular formula is C26H26N2O. The molecule has 3 heteroatoms. The van der Waals surface area contributed by atoms with Gasteiger partial charge < -0.3 is 15.0 Å². The van der Waals surface area contributed by atoms with Gasteiger partial charge in [0.1, 0.15) is 5.75 Å². The highest BCUT2D eigenvalue weighted by Gasteiger charge is 2.28. The summed E-state index contributed by atoms with van der Waals surface area (Å²) in [5.41, 5.74) is 10.2. The van der Waals surface area contributed by atoms with E-state index in [1.54, 1.807) is 7.11 Å². The van der Waals surface area contributed by atoms with Gasteiger partial charge in [0.25, 0.3) is 0 Å². The molecule has 29 heavy (non-hydrogen) atoms. The van der Waals surface area contributed by atoms with Gasteiger partial charge in [0.2, 0.25) is 0 Å². The largest absolute Gasteiger partial charge is 0.496 e. The maximum atomic E-state index is 5.77. The monoisotopic (exact) mass is 382 g/mol. The van der Waals surface area contributed by atoms with Crippen LogP contribution in [0.4, 0.5) is 0 Å². The van der Waals surface area contributed by atoms with Crippen molar-refractivity contribution in [3.05, 3.63) is 88.6 Å². The fourth-order valence-corrected chi connectivity index (χ4v) is 4.72. The lowest BCUT2D eigenvalue weighted by Gasteiger charge is -2.26. The van der Waals surface area contributed by atoms with Crippen molar-refractivity contribution in [1.29, 1.82) is 0 Å². The summed E-state index contributed by atoms with van der Waals surface area (Å²) >= 11 is 0. The predicted molar refractivity (Wildman–Crippen MR) is 120 cm³/mol. The molecule has 0 amide bonds. The molecule has 5 rings (SSSR count). The first-order valence-corrected chi connectivity index (χ1v) is 10.2. The van der Waals surface area contributed by atoms with Crippen LogP contribution in [0.25, 0.3) is 22.0 Å². The highest BCUT2D eigenvalue weighted by Crippen LogP contribution is 2.39. The summed E-state index contributed by atoms with van der Waals surface area (Å²) in [7, 11) is 1.75. The molecule has 3 aromatic carbocycles. The maximum Gasteiger partial charge on any atom is 0.124 e. The zero-order valence-electron chi connectivity index (χ0n) is 17.2. The Kier molecular flexibility index (Phi) is 4.40.